The molecule has 3 aliphatic carbocycles. The van der Waals surface area contributed by atoms with Gasteiger partial charge in [-0.3, -0.25) is 0 Å². The van der Waals surface area contributed by atoms with Gasteiger partial charge in [0.15, 0.2) is 0 Å². The average Bonchev–Trinajstić information content (AvgIpc) is 1.28. The summed E-state index contributed by atoms with van der Waals surface area (Å²) in [6, 6.07) is 130. The van der Waals surface area contributed by atoms with Crippen molar-refractivity contribution in [3.63, 3.8) is 0 Å². The van der Waals surface area contributed by atoms with Gasteiger partial charge < -0.3 is 9.80 Å². The molecule has 0 amide bonds. The quantitative estimate of drug-likeness (QED) is 0.142. The summed E-state index contributed by atoms with van der Waals surface area (Å²) in [7, 11) is 0. The smallest absolute Gasteiger partial charge is 0.0618 e. The van der Waals surface area contributed by atoms with Gasteiger partial charge in [0.05, 0.1) is 34.1 Å². The van der Waals surface area contributed by atoms with Crippen molar-refractivity contribution in [1.82, 2.24) is 0 Å². The standard InChI is InChI=1S/C95H64N2/c1-5-23-60(24-6-1)79-39-21-40-80(61-25-7-2-8-26-61)94(79)96-87-56-66(64-43-45-72-51-68-31-13-17-35-75(68)85(72)54-64)47-49-83(87)92-84-50-48-67(65-44-46-73-52-69-32-14-18-36-76(69)86(73)55-65)57-88(84)97(95-81(62-27-9-3-10-28-62)41-22-42-82(95)63-29-11-4-12-30-63)90-59-74(58-89(96)93(90)92)91-77-37-19-15-33-70(77)53-71-34-16-20-38-78(71)91/h1-50,54-59,91-92H,51-53H2. The van der Waals surface area contributed by atoms with Crippen molar-refractivity contribution in [3.05, 3.63) is 406 Å². The second-order valence-corrected chi connectivity index (χ2v) is 26.9. The van der Waals surface area contributed by atoms with Crippen molar-refractivity contribution in [2.24, 2.45) is 0 Å². The summed E-state index contributed by atoms with van der Waals surface area (Å²) < 4.78 is 0. The van der Waals surface area contributed by atoms with E-state index >= 15 is 0 Å². The van der Waals surface area contributed by atoms with Crippen LogP contribution < -0.4 is 9.80 Å². The third-order valence-corrected chi connectivity index (χ3v) is 21.7. The highest BCUT2D eigenvalue weighted by Crippen LogP contribution is 2.65. The summed E-state index contributed by atoms with van der Waals surface area (Å²) in [6.45, 7) is 0. The van der Waals surface area contributed by atoms with Crippen LogP contribution in [0.15, 0.2) is 340 Å². The molecule has 0 atom stereocenters. The Morgan fingerprint density at radius 3 is 0.928 bits per heavy atom. The summed E-state index contributed by atoms with van der Waals surface area (Å²) in [5, 5.41) is 0. The highest BCUT2D eigenvalue weighted by atomic mass is 15.2. The van der Waals surface area contributed by atoms with E-state index in [2.05, 4.69) is 350 Å². The average molecular weight is 1230 g/mol. The Morgan fingerprint density at radius 2 is 0.515 bits per heavy atom. The van der Waals surface area contributed by atoms with Crippen molar-refractivity contribution in [2.45, 2.75) is 31.1 Å². The van der Waals surface area contributed by atoms with Crippen LogP contribution >= 0.6 is 0 Å². The van der Waals surface area contributed by atoms with Gasteiger partial charge in [0.2, 0.25) is 0 Å². The van der Waals surface area contributed by atoms with E-state index in [1.165, 1.54) is 134 Å². The monoisotopic (exact) mass is 1230 g/mol. The summed E-state index contributed by atoms with van der Waals surface area (Å²) in [5.74, 6) is -0.290. The Balaban J connectivity index is 0.944. The first-order valence-corrected chi connectivity index (χ1v) is 34.2. The zero-order valence-electron chi connectivity index (χ0n) is 53.5. The predicted octanol–water partition coefficient (Wildman–Crippen LogP) is 24.7. The van der Waals surface area contributed by atoms with Gasteiger partial charge in [-0.05, 0) is 184 Å². The van der Waals surface area contributed by atoms with Gasteiger partial charge in [0, 0.05) is 39.7 Å². The molecule has 454 valence electrons. The number of nitrogens with zero attached hydrogens (tertiary/aromatic N) is 2. The van der Waals surface area contributed by atoms with Gasteiger partial charge in [0.25, 0.3) is 0 Å². The molecule has 0 bridgehead atoms. The molecule has 0 saturated carbocycles. The highest BCUT2D eigenvalue weighted by Gasteiger charge is 2.45. The Bertz CT molecular complexity index is 5230. The molecule has 15 aromatic carbocycles. The highest BCUT2D eigenvalue weighted by molar-refractivity contribution is 6.07. The molecule has 0 aromatic heterocycles. The molecule has 20 rings (SSSR count). The summed E-state index contributed by atoms with van der Waals surface area (Å²) in [4.78, 5) is 5.46. The largest absolute Gasteiger partial charge is 0.309 e. The molecule has 5 aliphatic rings. The molecule has 2 heterocycles. The summed E-state index contributed by atoms with van der Waals surface area (Å²) in [6.07, 6.45) is 2.77. The van der Waals surface area contributed by atoms with Crippen molar-refractivity contribution < 1.29 is 0 Å². The van der Waals surface area contributed by atoms with E-state index < -0.39 is 0 Å². The maximum Gasteiger partial charge on any atom is 0.0618 e. The number of fused-ring (bicyclic) bond motifs is 12. The second-order valence-electron chi connectivity index (χ2n) is 26.9. The van der Waals surface area contributed by atoms with E-state index in [1.54, 1.807) is 0 Å². The molecule has 2 aliphatic heterocycles. The third kappa shape index (κ3) is 8.87. The number of para-hydroxylation sites is 2. The molecule has 0 radical (unpaired) electrons. The Labute approximate surface area is 567 Å². The predicted molar refractivity (Wildman–Crippen MR) is 402 cm³/mol. The van der Waals surface area contributed by atoms with Gasteiger partial charge >= 0.3 is 0 Å². The molecule has 15 aromatic rings. The van der Waals surface area contributed by atoms with Crippen LogP contribution in [-0.4, -0.2) is 0 Å². The molecule has 0 saturated heterocycles. The van der Waals surface area contributed by atoms with Crippen LogP contribution in [-0.2, 0) is 19.3 Å². The molecule has 2 nitrogen and oxygen atoms in total. The van der Waals surface area contributed by atoms with Crippen molar-refractivity contribution in [1.29, 1.82) is 0 Å². The van der Waals surface area contributed by atoms with Crippen molar-refractivity contribution >= 4 is 34.1 Å². The van der Waals surface area contributed by atoms with Crippen molar-refractivity contribution in [3.8, 4) is 89.0 Å². The minimum atomic E-state index is -0.197. The van der Waals surface area contributed by atoms with Gasteiger partial charge in [-0.2, -0.15) is 0 Å². The maximum absolute atomic E-state index is 2.73. The van der Waals surface area contributed by atoms with E-state index in [-0.39, 0.29) is 11.8 Å². The Morgan fingerprint density at radius 1 is 0.196 bits per heavy atom. The summed E-state index contributed by atoms with van der Waals surface area (Å²) in [5.41, 5.74) is 42.3. The van der Waals surface area contributed by atoms with E-state index in [9.17, 15) is 0 Å². The molecule has 2 heteroatoms. The van der Waals surface area contributed by atoms with Crippen LogP contribution in [0.4, 0.5) is 34.1 Å². The lowest BCUT2D eigenvalue weighted by molar-refractivity contribution is 0.869. The fraction of sp³-hybridized carbons (Fsp3) is 0.0526. The normalized spacial score (nSPS) is 13.5. The topological polar surface area (TPSA) is 6.48 Å². The van der Waals surface area contributed by atoms with Crippen LogP contribution in [0.5, 0.6) is 0 Å². The molecular weight excluding hydrogens is 1170 g/mol. The van der Waals surface area contributed by atoms with Crippen LogP contribution in [0, 0.1) is 0 Å². The van der Waals surface area contributed by atoms with E-state index in [0.717, 1.165) is 75.1 Å². The van der Waals surface area contributed by atoms with Gasteiger partial charge in [-0.25, -0.2) is 0 Å². The van der Waals surface area contributed by atoms with Gasteiger partial charge in [0.1, 0.15) is 0 Å². The molecular formula is C95H64N2. The first kappa shape index (κ1) is 55.4. The molecule has 0 unspecified atom stereocenters. The third-order valence-electron chi connectivity index (χ3n) is 21.7. The van der Waals surface area contributed by atoms with E-state index in [4.69, 9.17) is 0 Å². The zero-order valence-corrected chi connectivity index (χ0v) is 53.5. The molecule has 97 heavy (non-hydrogen) atoms. The number of anilines is 6. The van der Waals surface area contributed by atoms with E-state index in [1.807, 2.05) is 0 Å². The van der Waals surface area contributed by atoms with Crippen LogP contribution in [0.3, 0.4) is 0 Å². The fourth-order valence-electron chi connectivity index (χ4n) is 17.3. The number of benzene rings is 15. The van der Waals surface area contributed by atoms with Crippen LogP contribution in [0.25, 0.3) is 89.0 Å². The first-order chi connectivity index (χ1) is 48.1. The van der Waals surface area contributed by atoms with Crippen LogP contribution in [0.1, 0.15) is 78.6 Å². The lowest BCUT2D eigenvalue weighted by atomic mass is 9.71. The molecule has 0 fully saturated rings. The molecule has 0 N–H and O–H groups in total. The Kier molecular flexibility index (Phi) is 12.7. The zero-order chi connectivity index (χ0) is 63.7. The first-order valence-electron chi connectivity index (χ1n) is 34.2. The van der Waals surface area contributed by atoms with E-state index in [0.29, 0.717) is 0 Å². The van der Waals surface area contributed by atoms with Crippen molar-refractivity contribution in [2.75, 3.05) is 9.80 Å². The van der Waals surface area contributed by atoms with Gasteiger partial charge in [-0.1, -0.05) is 303 Å². The number of hydrogen-bond acceptors (Lipinski definition) is 2. The number of rotatable bonds is 9. The summed E-state index contributed by atoms with van der Waals surface area (Å²) >= 11 is 0. The minimum absolute atomic E-state index is 0.0928. The number of hydrogen-bond donors (Lipinski definition) is 0. The lowest BCUT2D eigenvalue weighted by Crippen LogP contribution is -2.31. The Hall–Kier alpha value is -12.1. The second kappa shape index (κ2) is 22.3. The maximum atomic E-state index is 2.73. The van der Waals surface area contributed by atoms with Gasteiger partial charge in [-0.15, -0.1) is 0 Å². The SMILES string of the molecule is c1ccc(-c2cccc(-c3ccccc3)c2N2c3cc(-c4ccc5c(c4)-c4ccccc4C5)ccc3C3c4ccc(-c5ccc6c(c5)-c5ccccc5C6)cc4N(c4c(-c5ccccc5)cccc4-c4ccccc4)c4cc(C5c6ccccc6Cc6ccccc65)cc2c43)cc1. The fourth-order valence-corrected chi connectivity index (χ4v) is 17.3. The molecule has 0 spiro atoms. The minimum Gasteiger partial charge on any atom is -0.309 e. The lowest BCUT2D eigenvalue weighted by Gasteiger charge is -2.47. The van der Waals surface area contributed by atoms with Crippen LogP contribution in [0.2, 0.25) is 0 Å².